The van der Waals surface area contributed by atoms with E-state index in [9.17, 15) is 13.2 Å². The zero-order valence-electron chi connectivity index (χ0n) is 13.3. The van der Waals surface area contributed by atoms with Crippen LogP contribution in [0.1, 0.15) is 12.8 Å². The van der Waals surface area contributed by atoms with Crippen molar-refractivity contribution in [3.05, 3.63) is 18.2 Å². The summed E-state index contributed by atoms with van der Waals surface area (Å²) in [5, 5.41) is 0. The van der Waals surface area contributed by atoms with E-state index in [1.54, 1.807) is 4.90 Å². The third-order valence-electron chi connectivity index (χ3n) is 3.88. The summed E-state index contributed by atoms with van der Waals surface area (Å²) in [6.07, 6.45) is 0.706. The molecule has 1 unspecified atom stereocenters. The normalized spacial score (nSPS) is 18.0. The summed E-state index contributed by atoms with van der Waals surface area (Å²) in [7, 11) is -0.654. The van der Waals surface area contributed by atoms with Crippen molar-refractivity contribution in [3.8, 4) is 11.5 Å². The molecule has 1 heterocycles. The van der Waals surface area contributed by atoms with Crippen LogP contribution in [0.25, 0.3) is 0 Å². The van der Waals surface area contributed by atoms with Crippen LogP contribution >= 0.6 is 0 Å². The zero-order chi connectivity index (χ0) is 17.0. The highest BCUT2D eigenvalue weighted by molar-refractivity contribution is 7.91. The van der Waals surface area contributed by atoms with E-state index in [-0.39, 0.29) is 29.0 Å². The fourth-order valence-electron chi connectivity index (χ4n) is 2.52. The first-order valence-corrected chi connectivity index (χ1v) is 9.00. The molecule has 1 atom stereocenters. The second-order valence-corrected chi connectivity index (χ2v) is 7.58. The maximum Gasteiger partial charge on any atom is 0.223 e. The summed E-state index contributed by atoms with van der Waals surface area (Å²) in [6.45, 7) is 1.09. The van der Waals surface area contributed by atoms with Crippen LogP contribution in [-0.4, -0.2) is 58.3 Å². The predicted molar refractivity (Wildman–Crippen MR) is 85.4 cm³/mol. The molecule has 0 bridgehead atoms. The smallest absolute Gasteiger partial charge is 0.223 e. The van der Waals surface area contributed by atoms with Crippen LogP contribution in [0.5, 0.6) is 11.5 Å². The fourth-order valence-corrected chi connectivity index (χ4v) is 3.76. The average molecular weight is 342 g/mol. The lowest BCUT2D eigenvalue weighted by atomic mass is 10.3. The summed E-state index contributed by atoms with van der Waals surface area (Å²) < 4.78 is 35.0. The van der Waals surface area contributed by atoms with Crippen LogP contribution in [0.4, 0.5) is 0 Å². The molecule has 128 valence electrons. The Morgan fingerprint density at radius 1 is 1.30 bits per heavy atom. The number of nitrogens with zero attached hydrogens (tertiary/aromatic N) is 1. The molecule has 1 saturated heterocycles. The van der Waals surface area contributed by atoms with Crippen LogP contribution in [-0.2, 0) is 14.6 Å². The van der Waals surface area contributed by atoms with Gasteiger partial charge in [0, 0.05) is 31.6 Å². The number of hydrogen-bond acceptors (Lipinski definition) is 6. The van der Waals surface area contributed by atoms with Gasteiger partial charge in [-0.05, 0) is 18.6 Å². The number of ether oxygens (including phenoxy) is 2. The molecule has 1 fully saturated rings. The molecule has 1 amide bonds. The van der Waals surface area contributed by atoms with E-state index < -0.39 is 9.84 Å². The molecule has 1 aromatic carbocycles. The molecule has 2 rings (SSSR count). The number of carbonyl (C=O) groups is 1. The Morgan fingerprint density at radius 2 is 2.00 bits per heavy atom. The number of amides is 1. The van der Waals surface area contributed by atoms with Crippen LogP contribution in [0.2, 0.25) is 0 Å². The Bertz CT molecular complexity index is 674. The summed E-state index contributed by atoms with van der Waals surface area (Å²) in [5.74, 6) is 0.369. The highest BCUT2D eigenvalue weighted by atomic mass is 32.2. The molecule has 1 aliphatic heterocycles. The molecule has 8 heteroatoms. The van der Waals surface area contributed by atoms with E-state index in [1.165, 1.54) is 32.4 Å². The van der Waals surface area contributed by atoms with Crippen molar-refractivity contribution >= 4 is 15.7 Å². The lowest BCUT2D eigenvalue weighted by molar-refractivity contribution is -0.129. The van der Waals surface area contributed by atoms with Crippen molar-refractivity contribution in [1.29, 1.82) is 0 Å². The SMILES string of the molecule is COc1ccc(S(=O)(=O)CCC(=O)N2CCC(N)C2)cc1OC. The lowest BCUT2D eigenvalue weighted by Crippen LogP contribution is -2.32. The Balaban J connectivity index is 2.05. The number of benzene rings is 1. The van der Waals surface area contributed by atoms with Crippen molar-refractivity contribution in [1.82, 2.24) is 4.90 Å². The summed E-state index contributed by atoms with van der Waals surface area (Å²) >= 11 is 0. The summed E-state index contributed by atoms with van der Waals surface area (Å²) in [6, 6.07) is 4.38. The van der Waals surface area contributed by atoms with Gasteiger partial charge in [-0.2, -0.15) is 0 Å². The maximum atomic E-state index is 12.4. The summed E-state index contributed by atoms with van der Waals surface area (Å²) in [4.78, 5) is 13.8. The van der Waals surface area contributed by atoms with Gasteiger partial charge in [0.1, 0.15) is 0 Å². The van der Waals surface area contributed by atoms with Gasteiger partial charge in [-0.25, -0.2) is 8.42 Å². The minimum atomic E-state index is -3.57. The Kier molecular flexibility index (Phi) is 5.48. The predicted octanol–water partition coefficient (Wildman–Crippen LogP) is 0.427. The quantitative estimate of drug-likeness (QED) is 0.805. The maximum absolute atomic E-state index is 12.4. The van der Waals surface area contributed by atoms with Gasteiger partial charge in [-0.15, -0.1) is 0 Å². The van der Waals surface area contributed by atoms with E-state index >= 15 is 0 Å². The lowest BCUT2D eigenvalue weighted by Gasteiger charge is -2.16. The van der Waals surface area contributed by atoms with Crippen molar-refractivity contribution in [3.63, 3.8) is 0 Å². The number of methoxy groups -OCH3 is 2. The molecule has 0 saturated carbocycles. The molecule has 2 N–H and O–H groups in total. The van der Waals surface area contributed by atoms with Crippen molar-refractivity contribution in [2.24, 2.45) is 5.73 Å². The standard InChI is InChI=1S/C15H22N2O5S/c1-21-13-4-3-12(9-14(13)22-2)23(19,20)8-6-15(18)17-7-5-11(16)10-17/h3-4,9,11H,5-8,10,16H2,1-2H3. The number of likely N-dealkylation sites (tertiary alicyclic amines) is 1. The highest BCUT2D eigenvalue weighted by Crippen LogP contribution is 2.30. The van der Waals surface area contributed by atoms with Crippen molar-refractivity contribution < 1.29 is 22.7 Å². The average Bonchev–Trinajstić information content (AvgIpc) is 2.98. The van der Waals surface area contributed by atoms with Crippen LogP contribution in [0, 0.1) is 0 Å². The Hall–Kier alpha value is -1.80. The number of carbonyl (C=O) groups excluding carboxylic acids is 1. The fraction of sp³-hybridized carbons (Fsp3) is 0.533. The van der Waals surface area contributed by atoms with E-state index in [4.69, 9.17) is 15.2 Å². The van der Waals surface area contributed by atoms with E-state index in [1.807, 2.05) is 0 Å². The number of sulfone groups is 1. The Labute approximate surface area is 136 Å². The van der Waals surface area contributed by atoms with Gasteiger partial charge in [-0.1, -0.05) is 0 Å². The van der Waals surface area contributed by atoms with Gasteiger partial charge >= 0.3 is 0 Å². The third-order valence-corrected chi connectivity index (χ3v) is 5.59. The van der Waals surface area contributed by atoms with Crippen LogP contribution in [0.3, 0.4) is 0 Å². The molecule has 23 heavy (non-hydrogen) atoms. The van der Waals surface area contributed by atoms with Gasteiger partial charge < -0.3 is 20.1 Å². The van der Waals surface area contributed by atoms with E-state index in [0.29, 0.717) is 24.6 Å². The van der Waals surface area contributed by atoms with Crippen molar-refractivity contribution in [2.75, 3.05) is 33.1 Å². The molecular weight excluding hydrogens is 320 g/mol. The first-order valence-electron chi connectivity index (χ1n) is 7.35. The molecule has 1 aromatic rings. The largest absolute Gasteiger partial charge is 0.493 e. The second kappa shape index (κ2) is 7.18. The van der Waals surface area contributed by atoms with Gasteiger partial charge in [0.05, 0.1) is 24.9 Å². The summed E-state index contributed by atoms with van der Waals surface area (Å²) in [5.41, 5.74) is 5.76. The van der Waals surface area contributed by atoms with Gasteiger partial charge in [0.15, 0.2) is 21.3 Å². The van der Waals surface area contributed by atoms with E-state index in [2.05, 4.69) is 0 Å². The number of nitrogens with two attached hydrogens (primary N) is 1. The first kappa shape index (κ1) is 17.6. The molecular formula is C15H22N2O5S. The van der Waals surface area contributed by atoms with Crippen LogP contribution in [0.15, 0.2) is 23.1 Å². The van der Waals surface area contributed by atoms with Gasteiger partial charge in [0.25, 0.3) is 0 Å². The highest BCUT2D eigenvalue weighted by Gasteiger charge is 2.25. The van der Waals surface area contributed by atoms with Gasteiger partial charge in [-0.3, -0.25) is 4.79 Å². The monoisotopic (exact) mass is 342 g/mol. The molecule has 0 radical (unpaired) electrons. The molecule has 0 aromatic heterocycles. The number of hydrogen-bond donors (Lipinski definition) is 1. The van der Waals surface area contributed by atoms with Crippen LogP contribution < -0.4 is 15.2 Å². The van der Waals surface area contributed by atoms with Gasteiger partial charge in [0.2, 0.25) is 5.91 Å². The third kappa shape index (κ3) is 4.14. The molecule has 7 nitrogen and oxygen atoms in total. The number of rotatable bonds is 6. The minimum Gasteiger partial charge on any atom is -0.493 e. The topological polar surface area (TPSA) is 98.9 Å². The first-order chi connectivity index (χ1) is 10.9. The molecule has 0 spiro atoms. The Morgan fingerprint density at radius 3 is 2.57 bits per heavy atom. The second-order valence-electron chi connectivity index (χ2n) is 5.47. The minimum absolute atomic E-state index is 0.0126. The molecule has 0 aliphatic carbocycles. The van der Waals surface area contributed by atoms with Crippen molar-refractivity contribution in [2.45, 2.75) is 23.8 Å². The van der Waals surface area contributed by atoms with E-state index in [0.717, 1.165) is 6.42 Å². The molecule has 1 aliphatic rings. The zero-order valence-corrected chi connectivity index (χ0v) is 14.1.